The zero-order valence-corrected chi connectivity index (χ0v) is 9.54. The van der Waals surface area contributed by atoms with Gasteiger partial charge in [-0.15, -0.1) is 0 Å². The maximum Gasteiger partial charge on any atom is 0.151 e. The minimum Gasteiger partial charge on any atom is -0.376 e. The second-order valence-electron chi connectivity index (χ2n) is 2.60. The van der Waals surface area contributed by atoms with Gasteiger partial charge >= 0.3 is 0 Å². The number of halogens is 1. The third kappa shape index (κ3) is 3.30. The number of pyridine rings is 1. The van der Waals surface area contributed by atoms with Crippen molar-refractivity contribution in [2.75, 3.05) is 11.9 Å². The molecule has 0 saturated carbocycles. The summed E-state index contributed by atoms with van der Waals surface area (Å²) in [4.78, 5) is 15.0. The van der Waals surface area contributed by atoms with Crippen LogP contribution in [0.1, 0.15) is 13.3 Å². The van der Waals surface area contributed by atoms with Gasteiger partial charge in [0, 0.05) is 16.2 Å². The molecule has 0 aliphatic rings. The highest BCUT2D eigenvalue weighted by Crippen LogP contribution is 2.14. The molecule has 3 nitrogen and oxygen atoms in total. The molecule has 0 fully saturated rings. The lowest BCUT2D eigenvalue weighted by Gasteiger charge is -2.05. The molecule has 1 N–H and O–H groups in total. The first-order valence-electron chi connectivity index (χ1n) is 4.09. The van der Waals surface area contributed by atoms with Crippen LogP contribution in [0.4, 0.5) is 5.69 Å². The maximum absolute atomic E-state index is 11.0. The van der Waals surface area contributed by atoms with Crippen molar-refractivity contribution in [2.45, 2.75) is 13.3 Å². The lowest BCUT2D eigenvalue weighted by Crippen LogP contribution is -2.13. The zero-order chi connectivity index (χ0) is 9.68. The Bertz CT molecular complexity index is 301. The monoisotopic (exact) mass is 290 g/mol. The molecule has 0 radical (unpaired) electrons. The summed E-state index contributed by atoms with van der Waals surface area (Å²) in [7, 11) is 0. The third-order valence-corrected chi connectivity index (χ3v) is 2.58. The molecular weight excluding hydrogens is 279 g/mol. The number of rotatable bonds is 4. The number of nitrogens with zero attached hydrogens (tertiary/aromatic N) is 1. The maximum atomic E-state index is 11.0. The quantitative estimate of drug-likeness (QED) is 0.863. The summed E-state index contributed by atoms with van der Waals surface area (Å²) in [6.45, 7) is 2.25. The molecule has 0 atom stereocenters. The molecule has 1 heterocycles. The van der Waals surface area contributed by atoms with Gasteiger partial charge in [0.05, 0.1) is 18.4 Å². The summed E-state index contributed by atoms with van der Waals surface area (Å²) in [6.07, 6.45) is 4.03. The third-order valence-electron chi connectivity index (χ3n) is 1.64. The molecule has 0 bridgehead atoms. The van der Waals surface area contributed by atoms with Crippen molar-refractivity contribution in [1.82, 2.24) is 4.98 Å². The number of nitrogens with one attached hydrogen (secondary N) is 1. The van der Waals surface area contributed by atoms with Gasteiger partial charge in [-0.25, -0.2) is 0 Å². The van der Waals surface area contributed by atoms with Crippen LogP contribution in [0, 0.1) is 3.57 Å². The van der Waals surface area contributed by atoms with Gasteiger partial charge in [-0.05, 0) is 28.7 Å². The van der Waals surface area contributed by atoms with Gasteiger partial charge in [-0.2, -0.15) is 0 Å². The summed E-state index contributed by atoms with van der Waals surface area (Å²) in [6, 6.07) is 1.90. The predicted molar refractivity (Wildman–Crippen MR) is 60.7 cm³/mol. The molecule has 1 aromatic rings. The average molecular weight is 290 g/mol. The van der Waals surface area contributed by atoms with Gasteiger partial charge in [0.1, 0.15) is 0 Å². The number of carbonyl (C=O) groups excluding carboxylic acids is 1. The van der Waals surface area contributed by atoms with Crippen molar-refractivity contribution >= 4 is 34.1 Å². The van der Waals surface area contributed by atoms with Gasteiger partial charge in [-0.1, -0.05) is 6.92 Å². The highest BCUT2D eigenvalue weighted by Gasteiger charge is 2.00. The number of aromatic nitrogens is 1. The predicted octanol–water partition coefficient (Wildman–Crippen LogP) is 2.08. The summed E-state index contributed by atoms with van der Waals surface area (Å²) in [5, 5.41) is 3.04. The van der Waals surface area contributed by atoms with Crippen LogP contribution < -0.4 is 5.32 Å². The van der Waals surface area contributed by atoms with E-state index in [9.17, 15) is 4.79 Å². The van der Waals surface area contributed by atoms with Gasteiger partial charge in [0.2, 0.25) is 0 Å². The Morgan fingerprint density at radius 1 is 1.69 bits per heavy atom. The number of hydrogen-bond donors (Lipinski definition) is 1. The summed E-state index contributed by atoms with van der Waals surface area (Å²) < 4.78 is 1.08. The van der Waals surface area contributed by atoms with E-state index in [4.69, 9.17) is 0 Å². The second-order valence-corrected chi connectivity index (χ2v) is 3.76. The van der Waals surface area contributed by atoms with Gasteiger partial charge in [0.25, 0.3) is 0 Å². The van der Waals surface area contributed by atoms with Crippen molar-refractivity contribution in [2.24, 2.45) is 0 Å². The van der Waals surface area contributed by atoms with Crippen LogP contribution >= 0.6 is 22.6 Å². The van der Waals surface area contributed by atoms with Crippen molar-refractivity contribution in [3.05, 3.63) is 22.0 Å². The Hall–Kier alpha value is -0.650. The fraction of sp³-hybridized carbons (Fsp3) is 0.333. The molecule has 0 amide bonds. The van der Waals surface area contributed by atoms with E-state index in [0.717, 1.165) is 9.26 Å². The molecule has 0 aliphatic heterocycles. The molecule has 0 unspecified atom stereocenters. The van der Waals surface area contributed by atoms with E-state index in [1.54, 1.807) is 12.4 Å². The molecular formula is C9H11IN2O. The van der Waals surface area contributed by atoms with Crippen LogP contribution in [0.5, 0.6) is 0 Å². The molecule has 0 saturated heterocycles. The van der Waals surface area contributed by atoms with E-state index in [0.29, 0.717) is 13.0 Å². The van der Waals surface area contributed by atoms with Crippen molar-refractivity contribution in [1.29, 1.82) is 0 Å². The van der Waals surface area contributed by atoms with E-state index in [2.05, 4.69) is 32.9 Å². The van der Waals surface area contributed by atoms with Gasteiger partial charge in [-0.3, -0.25) is 9.78 Å². The molecule has 70 valence electrons. The van der Waals surface area contributed by atoms with Crippen LogP contribution in [0.15, 0.2) is 18.5 Å². The number of carbonyl (C=O) groups is 1. The highest BCUT2D eigenvalue weighted by atomic mass is 127. The van der Waals surface area contributed by atoms with Crippen LogP contribution in [-0.2, 0) is 4.79 Å². The van der Waals surface area contributed by atoms with E-state index in [1.807, 2.05) is 13.0 Å². The first-order valence-corrected chi connectivity index (χ1v) is 5.17. The fourth-order valence-electron chi connectivity index (χ4n) is 0.826. The minimum absolute atomic E-state index is 0.208. The standard InChI is InChI=1S/C9H11IN2O/c1-2-7(13)5-12-9-6-11-4-3-8(9)10/h3-4,6,12H,2,5H2,1H3. The van der Waals surface area contributed by atoms with Crippen molar-refractivity contribution in [3.8, 4) is 0 Å². The Labute approximate surface area is 91.1 Å². The number of hydrogen-bond acceptors (Lipinski definition) is 3. The molecule has 1 rings (SSSR count). The zero-order valence-electron chi connectivity index (χ0n) is 7.38. The SMILES string of the molecule is CCC(=O)CNc1cnccc1I. The first kappa shape index (κ1) is 10.4. The lowest BCUT2D eigenvalue weighted by molar-refractivity contribution is -0.117. The van der Waals surface area contributed by atoms with Crippen LogP contribution in [0.25, 0.3) is 0 Å². The summed E-state index contributed by atoms with van der Waals surface area (Å²) in [5.41, 5.74) is 0.921. The van der Waals surface area contributed by atoms with Crippen LogP contribution in [0.2, 0.25) is 0 Å². The molecule has 1 aromatic heterocycles. The summed E-state index contributed by atoms with van der Waals surface area (Å²) >= 11 is 2.21. The van der Waals surface area contributed by atoms with Gasteiger partial charge < -0.3 is 5.32 Å². The van der Waals surface area contributed by atoms with Crippen molar-refractivity contribution < 1.29 is 4.79 Å². The Kier molecular flexibility index (Phi) is 4.14. The van der Waals surface area contributed by atoms with E-state index < -0.39 is 0 Å². The van der Waals surface area contributed by atoms with E-state index >= 15 is 0 Å². The summed E-state index contributed by atoms with van der Waals surface area (Å²) in [5.74, 6) is 0.208. The normalized spacial score (nSPS) is 9.69. The molecule has 13 heavy (non-hydrogen) atoms. The Morgan fingerprint density at radius 2 is 2.46 bits per heavy atom. The van der Waals surface area contributed by atoms with Gasteiger partial charge in [0.15, 0.2) is 5.78 Å². The highest BCUT2D eigenvalue weighted by molar-refractivity contribution is 14.1. The molecule has 4 heteroatoms. The molecule has 0 aromatic carbocycles. The average Bonchev–Trinajstić information content (AvgIpc) is 2.16. The van der Waals surface area contributed by atoms with E-state index in [-0.39, 0.29) is 5.78 Å². The van der Waals surface area contributed by atoms with Crippen molar-refractivity contribution in [3.63, 3.8) is 0 Å². The second kappa shape index (κ2) is 5.16. The minimum atomic E-state index is 0.208. The smallest absolute Gasteiger partial charge is 0.151 e. The first-order chi connectivity index (χ1) is 6.24. The Balaban J connectivity index is 2.54. The number of Topliss-reactive ketones (excluding diaryl/α,β-unsaturated/α-hetero) is 1. The van der Waals surface area contributed by atoms with Crippen LogP contribution in [-0.4, -0.2) is 17.3 Å². The number of anilines is 1. The Morgan fingerprint density at radius 3 is 3.08 bits per heavy atom. The lowest BCUT2D eigenvalue weighted by atomic mass is 10.3. The fourth-order valence-corrected chi connectivity index (χ4v) is 1.32. The molecule has 0 spiro atoms. The topological polar surface area (TPSA) is 42.0 Å². The van der Waals surface area contributed by atoms with E-state index in [1.165, 1.54) is 0 Å². The van der Waals surface area contributed by atoms with Crippen LogP contribution in [0.3, 0.4) is 0 Å². The molecule has 0 aliphatic carbocycles. The number of ketones is 1. The largest absolute Gasteiger partial charge is 0.376 e.